The van der Waals surface area contributed by atoms with Crippen LogP contribution in [-0.2, 0) is 9.59 Å². The van der Waals surface area contributed by atoms with Gasteiger partial charge in [0.2, 0.25) is 11.8 Å². The van der Waals surface area contributed by atoms with Gasteiger partial charge in [-0.3, -0.25) is 9.59 Å². The van der Waals surface area contributed by atoms with Crippen molar-refractivity contribution in [2.24, 2.45) is 34.0 Å². The van der Waals surface area contributed by atoms with Crippen molar-refractivity contribution in [2.75, 3.05) is 19.7 Å². The first kappa shape index (κ1) is 51.7. The molecule has 0 spiro atoms. The Hall–Kier alpha value is -1.10. The van der Waals surface area contributed by atoms with Crippen molar-refractivity contribution >= 4 is 11.8 Å². The molecule has 2 rings (SSSR count). The predicted octanol–water partition coefficient (Wildman–Crippen LogP) is 11.8. The van der Waals surface area contributed by atoms with Crippen LogP contribution in [0.5, 0.6) is 0 Å². The molecular weight excluding hydrogens is 568 g/mol. The first-order chi connectivity index (χ1) is 22.0. The summed E-state index contributed by atoms with van der Waals surface area (Å²) in [6.07, 6.45) is 15.7. The lowest BCUT2D eigenvalue weighted by Crippen LogP contribution is -2.50. The molecule has 2 aliphatic carbocycles. The standard InChI is InChI=1S/C21H39NO.C12H25NO2.4C2H6/c1-5-18(6-2)9-14-22-19(23)21-12-7-10-20(16-21,11-8-13-21)15-17(3)4;1-5-12(6-2,7-8-14)11(15)13-9-10(3)4;4*1-2/h17-18H,5-16H2,1-4H3,(H,22,23);10,14H,5-9H2,1-4H3,(H,13,15);4*1-2H3. The van der Waals surface area contributed by atoms with Crippen LogP contribution in [-0.4, -0.2) is 36.6 Å². The maximum absolute atomic E-state index is 13.0. The van der Waals surface area contributed by atoms with Crippen LogP contribution in [0.3, 0.4) is 0 Å². The lowest BCUT2D eigenvalue weighted by molar-refractivity contribution is -0.140. The molecule has 2 fully saturated rings. The number of hydrogen-bond acceptors (Lipinski definition) is 3. The summed E-state index contributed by atoms with van der Waals surface area (Å²) in [4.78, 5) is 25.0. The van der Waals surface area contributed by atoms with Crippen molar-refractivity contribution in [3.8, 4) is 0 Å². The zero-order valence-electron chi connectivity index (χ0n) is 34.5. The SMILES string of the molecule is CC.CC.CC.CC.CCC(CC)(CCO)C(=O)NCC(C)C.CCC(CC)CCNC(=O)C12CCCC(CC(C)C)(CCC1)C2. The van der Waals surface area contributed by atoms with Gasteiger partial charge in [0.05, 0.1) is 5.41 Å². The van der Waals surface area contributed by atoms with Gasteiger partial charge < -0.3 is 15.7 Å². The molecule has 0 heterocycles. The molecule has 0 aromatic carbocycles. The highest BCUT2D eigenvalue weighted by Gasteiger charge is 2.51. The van der Waals surface area contributed by atoms with Gasteiger partial charge in [-0.2, -0.15) is 0 Å². The molecule has 280 valence electrons. The molecule has 5 nitrogen and oxygen atoms in total. The Bertz CT molecular complexity index is 671. The minimum absolute atomic E-state index is 0.0285. The maximum atomic E-state index is 13.0. The largest absolute Gasteiger partial charge is 0.396 e. The molecule has 0 radical (unpaired) electrons. The monoisotopic (exact) mass is 657 g/mol. The molecule has 3 N–H and O–H groups in total. The molecular formula is C41H88N2O3. The van der Waals surface area contributed by atoms with Crippen LogP contribution in [0.1, 0.15) is 201 Å². The number of carbonyl (C=O) groups is 2. The van der Waals surface area contributed by atoms with Gasteiger partial charge in [-0.05, 0) is 87.4 Å². The maximum Gasteiger partial charge on any atom is 0.226 e. The molecule has 0 aromatic rings. The van der Waals surface area contributed by atoms with Crippen LogP contribution in [0.2, 0.25) is 0 Å². The van der Waals surface area contributed by atoms with E-state index in [0.717, 1.165) is 56.9 Å². The van der Waals surface area contributed by atoms with Gasteiger partial charge in [-0.1, -0.05) is 136 Å². The Morgan fingerprint density at radius 1 is 0.739 bits per heavy atom. The number of carbonyl (C=O) groups excluding carboxylic acids is 2. The van der Waals surface area contributed by atoms with Gasteiger partial charge >= 0.3 is 0 Å². The van der Waals surface area contributed by atoms with Crippen molar-refractivity contribution in [1.29, 1.82) is 0 Å². The van der Waals surface area contributed by atoms with Gasteiger partial charge in [-0.25, -0.2) is 0 Å². The highest BCUT2D eigenvalue weighted by atomic mass is 16.3. The summed E-state index contributed by atoms with van der Waals surface area (Å²) in [7, 11) is 0. The number of amides is 2. The fraction of sp³-hybridized carbons (Fsp3) is 0.951. The number of nitrogens with one attached hydrogen (secondary N) is 2. The molecule has 46 heavy (non-hydrogen) atoms. The van der Waals surface area contributed by atoms with E-state index in [0.29, 0.717) is 30.2 Å². The third kappa shape index (κ3) is 19.0. The zero-order chi connectivity index (χ0) is 36.8. The fourth-order valence-electron chi connectivity index (χ4n) is 7.39. The smallest absolute Gasteiger partial charge is 0.226 e. The van der Waals surface area contributed by atoms with Crippen LogP contribution in [0.15, 0.2) is 0 Å². The van der Waals surface area contributed by atoms with Crippen LogP contribution in [0, 0.1) is 34.0 Å². The summed E-state index contributed by atoms with van der Waals surface area (Å²) in [5, 5.41) is 15.3. The van der Waals surface area contributed by atoms with Gasteiger partial charge in [0.25, 0.3) is 0 Å². The summed E-state index contributed by atoms with van der Waals surface area (Å²) in [6, 6.07) is 0. The first-order valence-corrected chi connectivity index (χ1v) is 20.1. The Kier molecular flexibility index (Phi) is 35.1. The quantitative estimate of drug-likeness (QED) is 0.164. The predicted molar refractivity (Wildman–Crippen MR) is 206 cm³/mol. The van der Waals surface area contributed by atoms with E-state index in [1.165, 1.54) is 44.9 Å². The second-order valence-electron chi connectivity index (χ2n) is 13.6. The third-order valence-corrected chi connectivity index (χ3v) is 9.85. The fourth-order valence-corrected chi connectivity index (χ4v) is 7.39. The molecule has 2 aliphatic rings. The van der Waals surface area contributed by atoms with E-state index in [1.807, 2.05) is 69.2 Å². The first-order valence-electron chi connectivity index (χ1n) is 20.1. The van der Waals surface area contributed by atoms with Crippen molar-refractivity contribution in [2.45, 2.75) is 201 Å². The minimum atomic E-state index is -0.371. The number of rotatable bonds is 15. The lowest BCUT2D eigenvalue weighted by Gasteiger charge is -2.52. The summed E-state index contributed by atoms with van der Waals surface area (Å²) >= 11 is 0. The van der Waals surface area contributed by atoms with Gasteiger partial charge in [0.15, 0.2) is 0 Å². The average molecular weight is 657 g/mol. The zero-order valence-corrected chi connectivity index (χ0v) is 34.5. The molecule has 0 aliphatic heterocycles. The van der Waals surface area contributed by atoms with E-state index in [2.05, 4.69) is 52.2 Å². The number of aliphatic hydroxyl groups excluding tert-OH is 1. The Morgan fingerprint density at radius 3 is 1.59 bits per heavy atom. The third-order valence-electron chi connectivity index (χ3n) is 9.85. The number of hydrogen-bond donors (Lipinski definition) is 3. The molecule has 0 aromatic heterocycles. The number of fused-ring (bicyclic) bond motifs is 2. The van der Waals surface area contributed by atoms with E-state index < -0.39 is 0 Å². The normalized spacial score (nSPS) is 19.7. The average Bonchev–Trinajstić information content (AvgIpc) is 3.08. The molecule has 0 atom stereocenters. The van der Waals surface area contributed by atoms with Crippen molar-refractivity contribution in [1.82, 2.24) is 10.6 Å². The van der Waals surface area contributed by atoms with Crippen LogP contribution < -0.4 is 10.6 Å². The molecule has 2 saturated carbocycles. The van der Waals surface area contributed by atoms with Gasteiger partial charge in [0, 0.05) is 25.1 Å². The molecule has 2 amide bonds. The lowest BCUT2D eigenvalue weighted by atomic mass is 9.52. The van der Waals surface area contributed by atoms with E-state index in [9.17, 15) is 9.59 Å². The molecule has 5 heteroatoms. The Labute approximate surface area is 291 Å². The number of aliphatic hydroxyl groups is 1. The molecule has 2 bridgehead atoms. The second-order valence-corrected chi connectivity index (χ2v) is 13.6. The van der Waals surface area contributed by atoms with Crippen LogP contribution >= 0.6 is 0 Å². The summed E-state index contributed by atoms with van der Waals surface area (Å²) in [5.74, 6) is 2.47. The van der Waals surface area contributed by atoms with Gasteiger partial charge in [0.1, 0.15) is 0 Å². The van der Waals surface area contributed by atoms with E-state index in [1.54, 1.807) is 0 Å². The highest BCUT2D eigenvalue weighted by molar-refractivity contribution is 5.83. The van der Waals surface area contributed by atoms with Crippen LogP contribution in [0.25, 0.3) is 0 Å². The van der Waals surface area contributed by atoms with Gasteiger partial charge in [-0.15, -0.1) is 0 Å². The van der Waals surface area contributed by atoms with Crippen molar-refractivity contribution in [3.63, 3.8) is 0 Å². The van der Waals surface area contributed by atoms with Crippen molar-refractivity contribution < 1.29 is 14.7 Å². The second kappa shape index (κ2) is 31.2. The molecule has 0 saturated heterocycles. The van der Waals surface area contributed by atoms with E-state index >= 15 is 0 Å². The summed E-state index contributed by atoms with van der Waals surface area (Å²) < 4.78 is 0. The summed E-state index contributed by atoms with van der Waals surface area (Å²) in [5.41, 5.74) is 0.0698. The molecule has 0 unspecified atom stereocenters. The van der Waals surface area contributed by atoms with Crippen molar-refractivity contribution in [3.05, 3.63) is 0 Å². The Balaban J connectivity index is -0.000000333. The Morgan fingerprint density at radius 2 is 1.22 bits per heavy atom. The van der Waals surface area contributed by atoms with E-state index in [-0.39, 0.29) is 23.3 Å². The minimum Gasteiger partial charge on any atom is -0.396 e. The highest BCUT2D eigenvalue weighted by Crippen LogP contribution is 2.58. The van der Waals surface area contributed by atoms with E-state index in [4.69, 9.17) is 5.11 Å². The summed E-state index contributed by atoms with van der Waals surface area (Å²) in [6.45, 7) is 35.0. The topological polar surface area (TPSA) is 78.4 Å². The van der Waals surface area contributed by atoms with Crippen LogP contribution in [0.4, 0.5) is 0 Å².